The first-order valence-electron chi connectivity index (χ1n) is 7.00. The molecule has 1 aromatic rings. The molecule has 0 fully saturated rings. The van der Waals surface area contributed by atoms with Crippen LogP contribution in [0.25, 0.3) is 0 Å². The van der Waals surface area contributed by atoms with Crippen LogP contribution in [0.4, 0.5) is 0 Å². The van der Waals surface area contributed by atoms with Crippen molar-refractivity contribution in [2.24, 2.45) is 0 Å². The van der Waals surface area contributed by atoms with Crippen LogP contribution in [0.2, 0.25) is 0 Å². The van der Waals surface area contributed by atoms with Crippen LogP contribution in [0, 0.1) is 0 Å². The minimum absolute atomic E-state index is 0.373. The van der Waals surface area contributed by atoms with Gasteiger partial charge in [0.25, 0.3) is 0 Å². The first-order chi connectivity index (χ1) is 9.59. The molecule has 20 heavy (non-hydrogen) atoms. The second kappa shape index (κ2) is 6.67. The molecule has 0 saturated carbocycles. The zero-order valence-electron chi connectivity index (χ0n) is 12.1. The van der Waals surface area contributed by atoms with E-state index in [0.717, 1.165) is 18.7 Å². The minimum Gasteiger partial charge on any atom is -0.380 e. The van der Waals surface area contributed by atoms with E-state index in [0.29, 0.717) is 31.2 Å². The summed E-state index contributed by atoms with van der Waals surface area (Å²) in [6, 6.07) is 5.39. The maximum absolute atomic E-state index is 12.6. The minimum atomic E-state index is -3.43. The number of fused-ring (bicyclic) bond motifs is 1. The average Bonchev–Trinajstić information content (AvgIpc) is 2.90. The number of hydrogen-bond donors (Lipinski definition) is 1. The Balaban J connectivity index is 2.19. The van der Waals surface area contributed by atoms with Gasteiger partial charge >= 0.3 is 0 Å². The number of nitrogens with zero attached hydrogens (tertiary/aromatic N) is 1. The molecule has 1 aliphatic rings. The Hall–Kier alpha value is -0.950. The first-order valence-corrected chi connectivity index (χ1v) is 8.44. The van der Waals surface area contributed by atoms with Gasteiger partial charge in [0.15, 0.2) is 0 Å². The largest absolute Gasteiger partial charge is 0.380 e. The fraction of sp³-hybridized carbons (Fsp3) is 0.571. The van der Waals surface area contributed by atoms with Gasteiger partial charge in [-0.1, -0.05) is 13.0 Å². The highest BCUT2D eigenvalue weighted by Crippen LogP contribution is 2.22. The lowest BCUT2D eigenvalue weighted by Crippen LogP contribution is -2.34. The van der Waals surface area contributed by atoms with Crippen molar-refractivity contribution in [2.45, 2.75) is 31.8 Å². The summed E-state index contributed by atoms with van der Waals surface area (Å²) in [5.41, 5.74) is 2.26. The summed E-state index contributed by atoms with van der Waals surface area (Å²) >= 11 is 0. The second-order valence-corrected chi connectivity index (χ2v) is 6.67. The number of hydrogen-bond acceptors (Lipinski definition) is 4. The summed E-state index contributed by atoms with van der Waals surface area (Å²) in [5.74, 6) is 0. The van der Waals surface area contributed by atoms with Crippen molar-refractivity contribution in [1.82, 2.24) is 9.62 Å². The van der Waals surface area contributed by atoms with Crippen LogP contribution in [0.5, 0.6) is 0 Å². The van der Waals surface area contributed by atoms with Gasteiger partial charge in [0, 0.05) is 32.8 Å². The lowest BCUT2D eigenvalue weighted by Gasteiger charge is -2.20. The summed E-state index contributed by atoms with van der Waals surface area (Å²) in [4.78, 5) is 0.373. The molecule has 0 radical (unpaired) electrons. The Bertz CT molecular complexity index is 558. The summed E-state index contributed by atoms with van der Waals surface area (Å²) in [6.07, 6.45) is 0. The molecule has 2 rings (SSSR count). The molecule has 0 saturated heterocycles. The standard InChI is InChI=1S/C14H22N2O3S/c1-3-16(7-8-19-4-2)20(17,18)14-6-5-12-10-15-11-13(12)9-14/h5-6,9,15H,3-4,7-8,10-11H2,1-2H3. The van der Waals surface area contributed by atoms with Crippen LogP contribution in [0.15, 0.2) is 23.1 Å². The van der Waals surface area contributed by atoms with E-state index >= 15 is 0 Å². The van der Waals surface area contributed by atoms with E-state index in [-0.39, 0.29) is 0 Å². The van der Waals surface area contributed by atoms with Crippen LogP contribution in [0.1, 0.15) is 25.0 Å². The van der Waals surface area contributed by atoms with Gasteiger partial charge in [-0.25, -0.2) is 8.42 Å². The molecule has 0 unspecified atom stereocenters. The monoisotopic (exact) mass is 298 g/mol. The molecular weight excluding hydrogens is 276 g/mol. The van der Waals surface area contributed by atoms with E-state index < -0.39 is 10.0 Å². The topological polar surface area (TPSA) is 58.6 Å². The van der Waals surface area contributed by atoms with E-state index in [4.69, 9.17) is 4.74 Å². The van der Waals surface area contributed by atoms with Gasteiger partial charge in [-0.15, -0.1) is 0 Å². The van der Waals surface area contributed by atoms with Gasteiger partial charge in [-0.2, -0.15) is 4.31 Å². The zero-order valence-corrected chi connectivity index (χ0v) is 12.9. The normalized spacial score (nSPS) is 14.8. The molecule has 5 nitrogen and oxygen atoms in total. The maximum atomic E-state index is 12.6. The Morgan fingerprint density at radius 2 is 2.00 bits per heavy atom. The fourth-order valence-electron chi connectivity index (χ4n) is 2.34. The quantitative estimate of drug-likeness (QED) is 0.772. The van der Waals surface area contributed by atoms with Crippen LogP contribution in [-0.4, -0.2) is 39.0 Å². The van der Waals surface area contributed by atoms with Gasteiger partial charge in [-0.05, 0) is 30.2 Å². The van der Waals surface area contributed by atoms with Gasteiger partial charge in [-0.3, -0.25) is 0 Å². The first kappa shape index (κ1) is 15.4. The molecule has 0 bridgehead atoms. The molecule has 6 heteroatoms. The lowest BCUT2D eigenvalue weighted by molar-refractivity contribution is 0.135. The zero-order chi connectivity index (χ0) is 14.6. The van der Waals surface area contributed by atoms with Gasteiger partial charge in [0.1, 0.15) is 0 Å². The fourth-order valence-corrected chi connectivity index (χ4v) is 3.82. The summed E-state index contributed by atoms with van der Waals surface area (Å²) < 4.78 is 31.9. The van der Waals surface area contributed by atoms with Crippen LogP contribution in [0.3, 0.4) is 0 Å². The molecule has 112 valence electrons. The van der Waals surface area contributed by atoms with Crippen LogP contribution >= 0.6 is 0 Å². The van der Waals surface area contributed by atoms with Crippen molar-refractivity contribution in [3.63, 3.8) is 0 Å². The van der Waals surface area contributed by atoms with Gasteiger partial charge in [0.05, 0.1) is 11.5 Å². The molecule has 0 atom stereocenters. The Morgan fingerprint density at radius 1 is 1.25 bits per heavy atom. The third-order valence-electron chi connectivity index (χ3n) is 3.49. The molecule has 0 aliphatic carbocycles. The SMILES string of the molecule is CCOCCN(CC)S(=O)(=O)c1ccc2c(c1)CNC2. The Kier molecular flexibility index (Phi) is 5.15. The van der Waals surface area contributed by atoms with E-state index in [1.54, 1.807) is 12.1 Å². The van der Waals surface area contributed by atoms with Gasteiger partial charge < -0.3 is 10.1 Å². The van der Waals surface area contributed by atoms with Crippen LogP contribution < -0.4 is 5.32 Å². The predicted octanol–water partition coefficient (Wildman–Crippen LogP) is 1.34. The maximum Gasteiger partial charge on any atom is 0.243 e. The average molecular weight is 298 g/mol. The van der Waals surface area contributed by atoms with Crippen molar-refractivity contribution in [3.8, 4) is 0 Å². The third-order valence-corrected chi connectivity index (χ3v) is 5.46. The van der Waals surface area contributed by atoms with E-state index in [1.165, 1.54) is 9.87 Å². The third kappa shape index (κ3) is 3.20. The van der Waals surface area contributed by atoms with Crippen molar-refractivity contribution in [3.05, 3.63) is 29.3 Å². The molecule has 0 spiro atoms. The molecule has 1 N–H and O–H groups in total. The Morgan fingerprint density at radius 3 is 2.70 bits per heavy atom. The predicted molar refractivity (Wildman–Crippen MR) is 77.9 cm³/mol. The summed E-state index contributed by atoms with van der Waals surface area (Å²) in [6.45, 7) is 7.17. The van der Waals surface area contributed by atoms with Crippen LogP contribution in [-0.2, 0) is 27.8 Å². The smallest absolute Gasteiger partial charge is 0.243 e. The molecule has 0 aromatic heterocycles. The van der Waals surface area contributed by atoms with E-state index in [2.05, 4.69) is 5.32 Å². The summed E-state index contributed by atoms with van der Waals surface area (Å²) in [7, 11) is -3.43. The lowest BCUT2D eigenvalue weighted by atomic mass is 10.1. The molecule has 1 aliphatic heterocycles. The number of ether oxygens (including phenoxy) is 1. The molecule has 0 amide bonds. The van der Waals surface area contributed by atoms with Crippen molar-refractivity contribution in [2.75, 3.05) is 26.3 Å². The number of benzene rings is 1. The summed E-state index contributed by atoms with van der Waals surface area (Å²) in [5, 5.41) is 3.22. The van der Waals surface area contributed by atoms with E-state index in [1.807, 2.05) is 19.9 Å². The molecular formula is C14H22N2O3S. The second-order valence-electron chi connectivity index (χ2n) is 4.73. The number of sulfonamides is 1. The highest BCUT2D eigenvalue weighted by molar-refractivity contribution is 7.89. The van der Waals surface area contributed by atoms with Crippen molar-refractivity contribution >= 4 is 10.0 Å². The van der Waals surface area contributed by atoms with Crippen molar-refractivity contribution < 1.29 is 13.2 Å². The van der Waals surface area contributed by atoms with E-state index in [9.17, 15) is 8.42 Å². The number of rotatable bonds is 7. The number of likely N-dealkylation sites (N-methyl/N-ethyl adjacent to an activating group) is 1. The molecule has 1 aromatic carbocycles. The van der Waals surface area contributed by atoms with Gasteiger partial charge in [0.2, 0.25) is 10.0 Å². The highest BCUT2D eigenvalue weighted by Gasteiger charge is 2.24. The highest BCUT2D eigenvalue weighted by atomic mass is 32.2. The number of nitrogens with one attached hydrogen (secondary N) is 1. The van der Waals surface area contributed by atoms with Crippen molar-refractivity contribution in [1.29, 1.82) is 0 Å². The Labute approximate surface area is 121 Å². The molecule has 1 heterocycles.